The minimum Gasteiger partial charge on any atom is -0.378 e. The van der Waals surface area contributed by atoms with E-state index in [1.54, 1.807) is 6.33 Å². The quantitative estimate of drug-likeness (QED) is 0.894. The summed E-state index contributed by atoms with van der Waals surface area (Å²) in [5, 5.41) is 6.66. The van der Waals surface area contributed by atoms with Crippen LogP contribution in [0.4, 0.5) is 11.6 Å². The molecule has 0 radical (unpaired) electrons. The van der Waals surface area contributed by atoms with Crippen LogP contribution in [-0.4, -0.2) is 35.3 Å². The summed E-state index contributed by atoms with van der Waals surface area (Å²) < 4.78 is 6.44. The molecule has 0 amide bonds. The van der Waals surface area contributed by atoms with Crippen LogP contribution in [0.1, 0.15) is 26.7 Å². The predicted molar refractivity (Wildman–Crippen MR) is 76.0 cm³/mol. The first kappa shape index (κ1) is 13.5. The molecule has 2 heterocycles. The summed E-state index contributed by atoms with van der Waals surface area (Å²) >= 11 is 3.54. The average molecular weight is 315 g/mol. The van der Waals surface area contributed by atoms with E-state index in [-0.39, 0.29) is 0 Å². The number of hydrogen-bond donors (Lipinski definition) is 2. The van der Waals surface area contributed by atoms with E-state index in [0.717, 1.165) is 42.1 Å². The van der Waals surface area contributed by atoms with Crippen LogP contribution in [0.2, 0.25) is 0 Å². The van der Waals surface area contributed by atoms with Gasteiger partial charge in [0.2, 0.25) is 0 Å². The lowest BCUT2D eigenvalue weighted by atomic mass is 10.0. The van der Waals surface area contributed by atoms with Crippen molar-refractivity contribution in [2.24, 2.45) is 0 Å². The topological polar surface area (TPSA) is 59.1 Å². The van der Waals surface area contributed by atoms with Crippen molar-refractivity contribution in [2.45, 2.75) is 38.8 Å². The highest BCUT2D eigenvalue weighted by Crippen LogP contribution is 2.28. The van der Waals surface area contributed by atoms with Crippen LogP contribution in [0.15, 0.2) is 10.8 Å². The number of rotatable bonds is 4. The van der Waals surface area contributed by atoms with Crippen LogP contribution >= 0.6 is 15.9 Å². The molecule has 6 heteroatoms. The minimum absolute atomic E-state index is 0.310. The lowest BCUT2D eigenvalue weighted by Gasteiger charge is -2.28. The SMILES string of the molecule is CCNc1ncnc(NC2CCOC(C)C2)c1Br. The molecular weight excluding hydrogens is 296 g/mol. The Hall–Kier alpha value is -0.880. The molecule has 1 aromatic heterocycles. The van der Waals surface area contributed by atoms with Gasteiger partial charge in [-0.1, -0.05) is 0 Å². The Bertz CT molecular complexity index is 402. The zero-order chi connectivity index (χ0) is 13.0. The summed E-state index contributed by atoms with van der Waals surface area (Å²) in [6, 6.07) is 0.412. The zero-order valence-corrected chi connectivity index (χ0v) is 12.3. The molecule has 18 heavy (non-hydrogen) atoms. The summed E-state index contributed by atoms with van der Waals surface area (Å²) in [5.74, 6) is 1.68. The van der Waals surface area contributed by atoms with Gasteiger partial charge in [-0.05, 0) is 42.6 Å². The third kappa shape index (κ3) is 3.32. The molecule has 0 bridgehead atoms. The third-order valence-corrected chi connectivity index (χ3v) is 3.71. The normalized spacial score (nSPS) is 23.7. The Morgan fingerprint density at radius 3 is 2.94 bits per heavy atom. The summed E-state index contributed by atoms with van der Waals surface area (Å²) in [4.78, 5) is 8.49. The summed E-state index contributed by atoms with van der Waals surface area (Å²) in [7, 11) is 0. The highest BCUT2D eigenvalue weighted by molar-refractivity contribution is 9.10. The fraction of sp³-hybridized carbons (Fsp3) is 0.667. The number of anilines is 2. The Balaban J connectivity index is 2.06. The highest BCUT2D eigenvalue weighted by atomic mass is 79.9. The maximum absolute atomic E-state index is 5.54. The van der Waals surface area contributed by atoms with E-state index in [0.29, 0.717) is 12.1 Å². The van der Waals surface area contributed by atoms with Crippen molar-refractivity contribution in [3.63, 3.8) is 0 Å². The number of nitrogens with zero attached hydrogens (tertiary/aromatic N) is 2. The molecule has 1 aliphatic heterocycles. The van der Waals surface area contributed by atoms with Crippen molar-refractivity contribution >= 4 is 27.6 Å². The first-order valence-electron chi connectivity index (χ1n) is 6.33. The fourth-order valence-corrected chi connectivity index (χ4v) is 2.54. The van der Waals surface area contributed by atoms with Gasteiger partial charge in [0.1, 0.15) is 22.4 Å². The van der Waals surface area contributed by atoms with Crippen LogP contribution in [0.3, 0.4) is 0 Å². The van der Waals surface area contributed by atoms with Crippen molar-refractivity contribution in [1.82, 2.24) is 9.97 Å². The number of aromatic nitrogens is 2. The molecule has 0 spiro atoms. The van der Waals surface area contributed by atoms with Crippen LogP contribution in [0.25, 0.3) is 0 Å². The second kappa shape index (κ2) is 6.33. The van der Waals surface area contributed by atoms with E-state index >= 15 is 0 Å². The van der Waals surface area contributed by atoms with Gasteiger partial charge in [-0.2, -0.15) is 0 Å². The van der Waals surface area contributed by atoms with Gasteiger partial charge in [-0.25, -0.2) is 9.97 Å². The molecule has 5 nitrogen and oxygen atoms in total. The van der Waals surface area contributed by atoms with E-state index in [1.165, 1.54) is 0 Å². The minimum atomic E-state index is 0.310. The molecule has 2 N–H and O–H groups in total. The van der Waals surface area contributed by atoms with Gasteiger partial charge in [0, 0.05) is 19.2 Å². The number of halogens is 1. The van der Waals surface area contributed by atoms with Gasteiger partial charge >= 0.3 is 0 Å². The van der Waals surface area contributed by atoms with Crippen molar-refractivity contribution in [3.8, 4) is 0 Å². The first-order valence-corrected chi connectivity index (χ1v) is 7.12. The van der Waals surface area contributed by atoms with Gasteiger partial charge in [-0.3, -0.25) is 0 Å². The molecule has 2 rings (SSSR count). The molecular formula is C12H19BrN4O. The van der Waals surface area contributed by atoms with E-state index in [1.807, 2.05) is 6.92 Å². The Morgan fingerprint density at radius 1 is 1.44 bits per heavy atom. The van der Waals surface area contributed by atoms with Crippen LogP contribution in [-0.2, 0) is 4.74 Å². The maximum atomic E-state index is 5.54. The molecule has 1 aromatic rings. The summed E-state index contributed by atoms with van der Waals surface area (Å²) in [5.41, 5.74) is 0. The second-order valence-electron chi connectivity index (χ2n) is 4.46. The van der Waals surface area contributed by atoms with Crippen molar-refractivity contribution in [2.75, 3.05) is 23.8 Å². The Morgan fingerprint density at radius 2 is 2.22 bits per heavy atom. The smallest absolute Gasteiger partial charge is 0.146 e. The highest BCUT2D eigenvalue weighted by Gasteiger charge is 2.20. The Labute approximate surface area is 116 Å². The number of ether oxygens (including phenoxy) is 1. The van der Waals surface area contributed by atoms with Crippen molar-refractivity contribution < 1.29 is 4.74 Å². The predicted octanol–water partition coefficient (Wildman–Crippen LogP) is 2.65. The molecule has 1 saturated heterocycles. The van der Waals surface area contributed by atoms with Gasteiger partial charge < -0.3 is 15.4 Å². The van der Waals surface area contributed by atoms with E-state index in [9.17, 15) is 0 Å². The van der Waals surface area contributed by atoms with Crippen LogP contribution in [0, 0.1) is 0 Å². The molecule has 2 unspecified atom stereocenters. The molecule has 1 aliphatic rings. The summed E-state index contributed by atoms with van der Waals surface area (Å²) in [6.07, 6.45) is 3.91. The Kier molecular flexibility index (Phi) is 4.77. The average Bonchev–Trinajstić information content (AvgIpc) is 2.35. The van der Waals surface area contributed by atoms with Gasteiger partial charge in [-0.15, -0.1) is 0 Å². The first-order chi connectivity index (χ1) is 8.70. The van der Waals surface area contributed by atoms with Crippen molar-refractivity contribution in [1.29, 1.82) is 0 Å². The van der Waals surface area contributed by atoms with Crippen LogP contribution in [0.5, 0.6) is 0 Å². The number of hydrogen-bond acceptors (Lipinski definition) is 5. The lowest BCUT2D eigenvalue weighted by Crippen LogP contribution is -2.32. The van der Waals surface area contributed by atoms with Gasteiger partial charge in [0.25, 0.3) is 0 Å². The molecule has 0 aromatic carbocycles. The van der Waals surface area contributed by atoms with E-state index < -0.39 is 0 Å². The second-order valence-corrected chi connectivity index (χ2v) is 5.26. The molecule has 0 saturated carbocycles. The number of nitrogens with one attached hydrogen (secondary N) is 2. The molecule has 2 atom stereocenters. The molecule has 100 valence electrons. The van der Waals surface area contributed by atoms with Gasteiger partial charge in [0.15, 0.2) is 0 Å². The molecule has 0 aliphatic carbocycles. The van der Waals surface area contributed by atoms with E-state index in [4.69, 9.17) is 4.74 Å². The lowest BCUT2D eigenvalue weighted by molar-refractivity contribution is 0.0231. The standard InChI is InChI=1S/C12H19BrN4O/c1-3-14-11-10(13)12(16-7-15-11)17-9-4-5-18-8(2)6-9/h7-9H,3-6H2,1-2H3,(H2,14,15,16,17). The zero-order valence-electron chi connectivity index (χ0n) is 10.7. The maximum Gasteiger partial charge on any atom is 0.146 e. The van der Waals surface area contributed by atoms with Gasteiger partial charge in [0.05, 0.1) is 6.10 Å². The third-order valence-electron chi connectivity index (χ3n) is 2.96. The monoisotopic (exact) mass is 314 g/mol. The largest absolute Gasteiger partial charge is 0.378 e. The van der Waals surface area contributed by atoms with Crippen LogP contribution < -0.4 is 10.6 Å². The van der Waals surface area contributed by atoms with E-state index in [2.05, 4.69) is 43.5 Å². The van der Waals surface area contributed by atoms with Crippen molar-refractivity contribution in [3.05, 3.63) is 10.8 Å². The fourth-order valence-electron chi connectivity index (χ4n) is 2.08. The molecule has 1 fully saturated rings. The summed E-state index contributed by atoms with van der Waals surface area (Å²) in [6.45, 7) is 5.79.